The van der Waals surface area contributed by atoms with Gasteiger partial charge in [0.2, 0.25) is 5.91 Å². The number of nitrogens with zero attached hydrogens (tertiary/aromatic N) is 1. The molecule has 1 amide bonds. The highest BCUT2D eigenvalue weighted by molar-refractivity contribution is 8.04. The van der Waals surface area contributed by atoms with E-state index in [1.54, 1.807) is 17.8 Å². The van der Waals surface area contributed by atoms with E-state index < -0.39 is 5.91 Å². The number of amides is 1. The van der Waals surface area contributed by atoms with Crippen molar-refractivity contribution in [1.29, 1.82) is 0 Å². The first kappa shape index (κ1) is 10.4. The van der Waals surface area contributed by atoms with E-state index in [0.717, 1.165) is 22.7 Å². The summed E-state index contributed by atoms with van der Waals surface area (Å²) in [4.78, 5) is 16.8. The molecule has 1 aliphatic heterocycles. The molecule has 17 heavy (non-hydrogen) atoms. The third-order valence-corrected chi connectivity index (χ3v) is 3.69. The molecule has 3 nitrogen and oxygen atoms in total. The van der Waals surface area contributed by atoms with Crippen molar-refractivity contribution in [2.45, 2.75) is 0 Å². The molecule has 84 valence electrons. The van der Waals surface area contributed by atoms with Crippen LogP contribution in [0, 0.1) is 0 Å². The van der Waals surface area contributed by atoms with Crippen LogP contribution in [0.25, 0.3) is 6.08 Å². The van der Waals surface area contributed by atoms with Crippen molar-refractivity contribution in [3.63, 3.8) is 0 Å². The lowest BCUT2D eigenvalue weighted by Gasteiger charge is -2.06. The second-order valence-corrected chi connectivity index (χ2v) is 4.82. The van der Waals surface area contributed by atoms with Gasteiger partial charge in [0.05, 0.1) is 11.6 Å². The highest BCUT2D eigenvalue weighted by atomic mass is 32.2. The molecule has 0 radical (unpaired) electrons. The van der Waals surface area contributed by atoms with Gasteiger partial charge in [-0.3, -0.25) is 9.79 Å². The topological polar surface area (TPSA) is 55.5 Å². The van der Waals surface area contributed by atoms with Gasteiger partial charge in [-0.15, -0.1) is 11.8 Å². The van der Waals surface area contributed by atoms with Crippen LogP contribution in [0.2, 0.25) is 0 Å². The van der Waals surface area contributed by atoms with Gasteiger partial charge in [-0.1, -0.05) is 18.2 Å². The Morgan fingerprint density at radius 2 is 2.29 bits per heavy atom. The van der Waals surface area contributed by atoms with E-state index in [2.05, 4.69) is 11.1 Å². The van der Waals surface area contributed by atoms with Crippen molar-refractivity contribution in [2.75, 3.05) is 5.88 Å². The molecule has 0 aromatic heterocycles. The summed E-state index contributed by atoms with van der Waals surface area (Å²) in [7, 11) is 0. The molecule has 0 atom stereocenters. The first-order chi connectivity index (χ1) is 8.25. The summed E-state index contributed by atoms with van der Waals surface area (Å²) in [6.07, 6.45) is 6.02. The first-order valence-corrected chi connectivity index (χ1v) is 6.24. The number of thioether (sulfide) groups is 1. The number of nitrogens with two attached hydrogens (primary N) is 1. The summed E-state index contributed by atoms with van der Waals surface area (Å²) in [5.74, 6) is 0.368. The Morgan fingerprint density at radius 1 is 1.41 bits per heavy atom. The van der Waals surface area contributed by atoms with Crippen molar-refractivity contribution in [1.82, 2.24) is 0 Å². The number of primary amides is 1. The van der Waals surface area contributed by atoms with E-state index >= 15 is 0 Å². The van der Waals surface area contributed by atoms with E-state index in [9.17, 15) is 4.79 Å². The average molecular weight is 242 g/mol. The molecule has 0 spiro atoms. The molecule has 3 rings (SSSR count). The third-order valence-electron chi connectivity index (χ3n) is 2.79. The van der Waals surface area contributed by atoms with Crippen LogP contribution >= 0.6 is 11.8 Å². The molecular weight excluding hydrogens is 232 g/mol. The van der Waals surface area contributed by atoms with Gasteiger partial charge in [-0.2, -0.15) is 0 Å². The van der Waals surface area contributed by atoms with Crippen molar-refractivity contribution in [2.24, 2.45) is 10.7 Å². The number of allylic oxidation sites excluding steroid dienone is 3. The standard InChI is InChI=1S/C13H10N2OS/c14-13(16)9-4-5-10-8(6-9)2-1-3-11-12(10)15-7-17-11/h1-6H,7H2,(H2,14,16). The molecule has 1 aromatic carbocycles. The quantitative estimate of drug-likeness (QED) is 0.820. The fourth-order valence-corrected chi connectivity index (χ4v) is 2.79. The van der Waals surface area contributed by atoms with Gasteiger partial charge in [-0.05, 0) is 23.8 Å². The molecule has 0 saturated carbocycles. The number of hydrogen-bond acceptors (Lipinski definition) is 3. The van der Waals surface area contributed by atoms with Crippen LogP contribution in [0.5, 0.6) is 0 Å². The maximum Gasteiger partial charge on any atom is 0.248 e. The fourth-order valence-electron chi connectivity index (χ4n) is 1.97. The molecule has 1 aromatic rings. The average Bonchev–Trinajstić information content (AvgIpc) is 2.71. The van der Waals surface area contributed by atoms with Crippen molar-refractivity contribution >= 4 is 29.5 Å². The van der Waals surface area contributed by atoms with Crippen LogP contribution in [0.4, 0.5) is 0 Å². The van der Waals surface area contributed by atoms with Crippen molar-refractivity contribution in [3.05, 3.63) is 51.9 Å². The molecule has 0 saturated heterocycles. The smallest absolute Gasteiger partial charge is 0.248 e. The molecular formula is C13H10N2OS. The molecule has 1 aliphatic carbocycles. The van der Waals surface area contributed by atoms with Crippen LogP contribution < -0.4 is 5.73 Å². The van der Waals surface area contributed by atoms with Crippen LogP contribution in [-0.4, -0.2) is 17.5 Å². The zero-order valence-corrected chi connectivity index (χ0v) is 9.83. The Balaban J connectivity index is 2.18. The summed E-state index contributed by atoms with van der Waals surface area (Å²) in [5, 5.41) is 0. The molecule has 0 fully saturated rings. The highest BCUT2D eigenvalue weighted by Gasteiger charge is 2.20. The van der Waals surface area contributed by atoms with E-state index in [1.807, 2.05) is 24.3 Å². The number of fused-ring (bicyclic) bond motifs is 3. The number of rotatable bonds is 1. The summed E-state index contributed by atoms with van der Waals surface area (Å²) < 4.78 is 0. The molecule has 2 aliphatic rings. The number of benzene rings is 1. The van der Waals surface area contributed by atoms with Gasteiger partial charge in [0.1, 0.15) is 0 Å². The maximum atomic E-state index is 11.2. The first-order valence-electron chi connectivity index (χ1n) is 5.26. The van der Waals surface area contributed by atoms with Crippen molar-refractivity contribution < 1.29 is 4.79 Å². The Morgan fingerprint density at radius 3 is 3.12 bits per heavy atom. The number of hydrogen-bond donors (Lipinski definition) is 1. The van der Waals surface area contributed by atoms with Gasteiger partial charge in [0.15, 0.2) is 0 Å². The normalized spacial score (nSPS) is 16.7. The van der Waals surface area contributed by atoms with Crippen molar-refractivity contribution in [3.8, 4) is 0 Å². The Kier molecular flexibility index (Phi) is 2.37. The maximum absolute atomic E-state index is 11.2. The Hall–Kier alpha value is -1.81. The molecule has 0 unspecified atom stereocenters. The minimum atomic E-state index is -0.402. The van der Waals surface area contributed by atoms with Crippen LogP contribution in [0.15, 0.2) is 40.2 Å². The largest absolute Gasteiger partial charge is 0.366 e. The highest BCUT2D eigenvalue weighted by Crippen LogP contribution is 2.32. The summed E-state index contributed by atoms with van der Waals surface area (Å²) in [6, 6.07) is 5.49. The molecule has 2 N–H and O–H groups in total. The Labute approximate surface area is 103 Å². The molecule has 1 heterocycles. The summed E-state index contributed by atoms with van der Waals surface area (Å²) in [5.41, 5.74) is 8.90. The van der Waals surface area contributed by atoms with Crippen LogP contribution in [-0.2, 0) is 0 Å². The third kappa shape index (κ3) is 1.70. The monoisotopic (exact) mass is 242 g/mol. The zero-order chi connectivity index (χ0) is 11.8. The number of aliphatic imine (C=N–C) groups is 1. The lowest BCUT2D eigenvalue weighted by molar-refractivity contribution is 0.100. The van der Waals surface area contributed by atoms with E-state index in [-0.39, 0.29) is 0 Å². The molecule has 0 bridgehead atoms. The second kappa shape index (κ2) is 3.89. The predicted molar refractivity (Wildman–Crippen MR) is 71.1 cm³/mol. The predicted octanol–water partition coefficient (Wildman–Crippen LogP) is 2.19. The van der Waals surface area contributed by atoms with E-state index in [0.29, 0.717) is 5.56 Å². The van der Waals surface area contributed by atoms with Crippen LogP contribution in [0.1, 0.15) is 21.5 Å². The number of carbonyl (C=O) groups is 1. The SMILES string of the molecule is NC(=O)c1ccc2c(c1)C=CC=C1SCN=C12. The second-order valence-electron chi connectivity index (χ2n) is 3.84. The van der Waals surface area contributed by atoms with Gasteiger partial charge >= 0.3 is 0 Å². The minimum absolute atomic E-state index is 0.402. The van der Waals surface area contributed by atoms with Gasteiger partial charge in [0.25, 0.3) is 0 Å². The van der Waals surface area contributed by atoms with Gasteiger partial charge in [-0.25, -0.2) is 0 Å². The lowest BCUT2D eigenvalue weighted by atomic mass is 10.0. The summed E-state index contributed by atoms with van der Waals surface area (Å²) >= 11 is 1.73. The van der Waals surface area contributed by atoms with Crippen LogP contribution in [0.3, 0.4) is 0 Å². The lowest BCUT2D eigenvalue weighted by Crippen LogP contribution is -2.12. The van der Waals surface area contributed by atoms with E-state index in [1.165, 1.54) is 4.91 Å². The number of carbonyl (C=O) groups excluding carboxylic acids is 1. The van der Waals surface area contributed by atoms with Gasteiger partial charge < -0.3 is 5.73 Å². The van der Waals surface area contributed by atoms with E-state index in [4.69, 9.17) is 5.73 Å². The fraction of sp³-hybridized carbons (Fsp3) is 0.0769. The summed E-state index contributed by atoms with van der Waals surface area (Å²) in [6.45, 7) is 0. The minimum Gasteiger partial charge on any atom is -0.366 e. The zero-order valence-electron chi connectivity index (χ0n) is 9.01. The van der Waals surface area contributed by atoms with Gasteiger partial charge in [0, 0.05) is 16.0 Å². The molecule has 4 heteroatoms. The Bertz CT molecular complexity index is 599.